The quantitative estimate of drug-likeness (QED) is 0.375. The van der Waals surface area contributed by atoms with E-state index < -0.39 is 58.8 Å². The molecule has 9 heteroatoms. The van der Waals surface area contributed by atoms with E-state index in [0.29, 0.717) is 5.56 Å². The molecule has 0 unspecified atom stereocenters. The monoisotopic (exact) mass is 479 g/mol. The second-order valence-electron chi connectivity index (χ2n) is 8.42. The molecule has 1 aliphatic heterocycles. The zero-order valence-corrected chi connectivity index (χ0v) is 19.5. The minimum absolute atomic E-state index is 0.0237. The number of carbonyl (C=O) groups excluding carboxylic acids is 5. The van der Waals surface area contributed by atoms with Crippen molar-refractivity contribution in [3.63, 3.8) is 0 Å². The third kappa shape index (κ3) is 3.30. The highest BCUT2D eigenvalue weighted by Gasteiger charge is 2.79. The van der Waals surface area contributed by atoms with Crippen molar-refractivity contribution in [2.24, 2.45) is 5.41 Å². The maximum atomic E-state index is 14.3. The summed E-state index contributed by atoms with van der Waals surface area (Å²) >= 11 is 0. The molecule has 0 amide bonds. The lowest BCUT2D eigenvalue weighted by Crippen LogP contribution is -2.65. The standard InChI is InChI=1S/C26H25NO8/c1-4-35-23(31)20-19(15-10-6-5-7-11-15)26(21(29)16-12-8-9-13-17(16)22(26)30)25(27-20,24(32)34-3)14-18(28)33-2/h5-13,19-20,27H,4,14H2,1-3H3/t19-,20+,25-/m1/s1. The first kappa shape index (κ1) is 24.3. The number of ketones is 2. The second-order valence-corrected chi connectivity index (χ2v) is 8.42. The largest absolute Gasteiger partial charge is 0.469 e. The number of esters is 3. The van der Waals surface area contributed by atoms with Gasteiger partial charge in [0.25, 0.3) is 0 Å². The maximum Gasteiger partial charge on any atom is 0.328 e. The zero-order chi connectivity index (χ0) is 25.4. The van der Waals surface area contributed by atoms with Crippen LogP contribution in [0, 0.1) is 5.41 Å². The van der Waals surface area contributed by atoms with Crippen molar-refractivity contribution in [1.29, 1.82) is 0 Å². The van der Waals surface area contributed by atoms with Gasteiger partial charge >= 0.3 is 17.9 Å². The number of methoxy groups -OCH3 is 2. The summed E-state index contributed by atoms with van der Waals surface area (Å²) < 4.78 is 15.2. The van der Waals surface area contributed by atoms with Crippen LogP contribution in [0.2, 0.25) is 0 Å². The Bertz CT molecular complexity index is 1170. The third-order valence-corrected chi connectivity index (χ3v) is 6.88. The van der Waals surface area contributed by atoms with Gasteiger partial charge in [-0.25, -0.2) is 4.79 Å². The van der Waals surface area contributed by atoms with Gasteiger partial charge in [0.2, 0.25) is 0 Å². The van der Waals surface area contributed by atoms with Gasteiger partial charge in [0.15, 0.2) is 11.6 Å². The molecule has 0 bridgehead atoms. The van der Waals surface area contributed by atoms with E-state index in [-0.39, 0.29) is 17.7 Å². The van der Waals surface area contributed by atoms with E-state index in [1.165, 1.54) is 12.1 Å². The molecule has 1 spiro atoms. The highest BCUT2D eigenvalue weighted by atomic mass is 16.5. The van der Waals surface area contributed by atoms with E-state index in [0.717, 1.165) is 14.2 Å². The normalized spacial score (nSPS) is 24.2. The van der Waals surface area contributed by atoms with Crippen LogP contribution < -0.4 is 5.32 Å². The summed E-state index contributed by atoms with van der Waals surface area (Å²) in [5, 5.41) is 2.89. The minimum Gasteiger partial charge on any atom is -0.469 e. The van der Waals surface area contributed by atoms with Gasteiger partial charge < -0.3 is 14.2 Å². The Morgan fingerprint density at radius 3 is 1.97 bits per heavy atom. The van der Waals surface area contributed by atoms with Gasteiger partial charge in [-0.3, -0.25) is 24.5 Å². The number of carbonyl (C=O) groups is 5. The fourth-order valence-electron chi connectivity index (χ4n) is 5.53. The summed E-state index contributed by atoms with van der Waals surface area (Å²) in [6, 6.07) is 13.3. The molecule has 35 heavy (non-hydrogen) atoms. The molecular weight excluding hydrogens is 454 g/mol. The molecule has 0 saturated carbocycles. The number of rotatable bonds is 6. The van der Waals surface area contributed by atoms with Crippen LogP contribution in [0.5, 0.6) is 0 Å². The van der Waals surface area contributed by atoms with Crippen LogP contribution >= 0.6 is 0 Å². The van der Waals surface area contributed by atoms with Crippen LogP contribution in [0.25, 0.3) is 0 Å². The Balaban J connectivity index is 2.11. The van der Waals surface area contributed by atoms with Gasteiger partial charge in [-0.15, -0.1) is 0 Å². The van der Waals surface area contributed by atoms with E-state index in [9.17, 15) is 24.0 Å². The van der Waals surface area contributed by atoms with Crippen LogP contribution in [-0.4, -0.2) is 61.9 Å². The molecule has 1 heterocycles. The van der Waals surface area contributed by atoms with Crippen molar-refractivity contribution in [1.82, 2.24) is 5.32 Å². The van der Waals surface area contributed by atoms with Crippen molar-refractivity contribution in [2.75, 3.05) is 20.8 Å². The Hall–Kier alpha value is -3.85. The molecule has 1 N–H and O–H groups in total. The molecule has 1 fully saturated rings. The van der Waals surface area contributed by atoms with Crippen molar-refractivity contribution in [3.05, 3.63) is 71.3 Å². The van der Waals surface area contributed by atoms with Crippen molar-refractivity contribution >= 4 is 29.5 Å². The van der Waals surface area contributed by atoms with Gasteiger partial charge in [0, 0.05) is 17.0 Å². The number of Topliss-reactive ketones (excluding diaryl/α,β-unsaturated/α-hetero) is 2. The smallest absolute Gasteiger partial charge is 0.328 e. The average Bonchev–Trinajstić information content (AvgIpc) is 3.31. The molecule has 2 aromatic carbocycles. The Labute approximate surface area is 201 Å². The molecule has 9 nitrogen and oxygen atoms in total. The highest BCUT2D eigenvalue weighted by molar-refractivity contribution is 6.33. The Morgan fingerprint density at radius 2 is 1.46 bits per heavy atom. The Morgan fingerprint density at radius 1 is 0.886 bits per heavy atom. The first-order valence-electron chi connectivity index (χ1n) is 11.1. The molecule has 2 aromatic rings. The lowest BCUT2D eigenvalue weighted by molar-refractivity contribution is -0.158. The summed E-state index contributed by atoms with van der Waals surface area (Å²) in [5.41, 5.74) is -3.80. The first-order valence-corrected chi connectivity index (χ1v) is 11.1. The van der Waals surface area contributed by atoms with Crippen LogP contribution in [0.4, 0.5) is 0 Å². The number of nitrogens with one attached hydrogen (secondary N) is 1. The predicted octanol–water partition coefficient (Wildman–Crippen LogP) is 1.85. The van der Waals surface area contributed by atoms with E-state index in [1.54, 1.807) is 49.4 Å². The third-order valence-electron chi connectivity index (χ3n) is 6.88. The molecule has 0 aromatic heterocycles. The fraction of sp³-hybridized carbons (Fsp3) is 0.346. The van der Waals surface area contributed by atoms with Gasteiger partial charge in [0.1, 0.15) is 17.0 Å². The molecule has 3 atom stereocenters. The Kier molecular flexibility index (Phi) is 6.29. The fourth-order valence-corrected chi connectivity index (χ4v) is 5.53. The van der Waals surface area contributed by atoms with Gasteiger partial charge in [-0.1, -0.05) is 54.6 Å². The van der Waals surface area contributed by atoms with Crippen molar-refractivity contribution < 1.29 is 38.2 Å². The summed E-state index contributed by atoms with van der Waals surface area (Å²) in [4.78, 5) is 68.0. The van der Waals surface area contributed by atoms with Crippen LogP contribution in [-0.2, 0) is 28.6 Å². The number of benzene rings is 2. The van der Waals surface area contributed by atoms with E-state index in [1.807, 2.05) is 0 Å². The molecule has 4 rings (SSSR count). The summed E-state index contributed by atoms with van der Waals surface area (Å²) in [5.74, 6) is -5.21. The number of ether oxygens (including phenoxy) is 3. The molecular formula is C26H25NO8. The summed E-state index contributed by atoms with van der Waals surface area (Å²) in [7, 11) is 2.21. The van der Waals surface area contributed by atoms with Crippen molar-refractivity contribution in [2.45, 2.75) is 30.8 Å². The number of fused-ring (bicyclic) bond motifs is 1. The predicted molar refractivity (Wildman–Crippen MR) is 122 cm³/mol. The molecule has 0 radical (unpaired) electrons. The van der Waals surface area contributed by atoms with Crippen LogP contribution in [0.3, 0.4) is 0 Å². The summed E-state index contributed by atoms with van der Waals surface area (Å²) in [6.45, 7) is 1.64. The molecule has 1 aliphatic carbocycles. The topological polar surface area (TPSA) is 125 Å². The van der Waals surface area contributed by atoms with Gasteiger partial charge in [0.05, 0.1) is 27.2 Å². The molecule has 1 saturated heterocycles. The lowest BCUT2D eigenvalue weighted by atomic mass is 9.58. The van der Waals surface area contributed by atoms with Gasteiger partial charge in [-0.05, 0) is 12.5 Å². The van der Waals surface area contributed by atoms with Crippen molar-refractivity contribution in [3.8, 4) is 0 Å². The summed E-state index contributed by atoms with van der Waals surface area (Å²) in [6.07, 6.45) is -0.721. The minimum atomic E-state index is -2.24. The lowest BCUT2D eigenvalue weighted by Gasteiger charge is -2.40. The number of hydrogen-bond donors (Lipinski definition) is 1. The highest BCUT2D eigenvalue weighted by Crippen LogP contribution is 2.60. The van der Waals surface area contributed by atoms with Crippen LogP contribution in [0.15, 0.2) is 54.6 Å². The van der Waals surface area contributed by atoms with E-state index in [2.05, 4.69) is 5.32 Å². The molecule has 182 valence electrons. The molecule has 2 aliphatic rings. The van der Waals surface area contributed by atoms with Crippen LogP contribution in [0.1, 0.15) is 45.5 Å². The maximum absolute atomic E-state index is 14.3. The van der Waals surface area contributed by atoms with Gasteiger partial charge in [-0.2, -0.15) is 0 Å². The van der Waals surface area contributed by atoms with E-state index in [4.69, 9.17) is 14.2 Å². The average molecular weight is 479 g/mol. The number of hydrogen-bond acceptors (Lipinski definition) is 9. The second kappa shape index (κ2) is 9.07. The first-order chi connectivity index (χ1) is 16.8. The zero-order valence-electron chi connectivity index (χ0n) is 19.5. The van der Waals surface area contributed by atoms with E-state index >= 15 is 0 Å². The SMILES string of the molecule is CCOC(=O)[C@H]1N[C@](CC(=O)OC)(C(=O)OC)C2(C(=O)c3ccccc3C2=O)[C@@H]1c1ccccc1.